The molecule has 0 radical (unpaired) electrons. The van der Waals surface area contributed by atoms with Gasteiger partial charge in [-0.25, -0.2) is 12.7 Å². The van der Waals surface area contributed by atoms with Crippen molar-refractivity contribution in [3.8, 4) is 5.75 Å². The zero-order valence-electron chi connectivity index (χ0n) is 13.9. The number of hydrogen-bond acceptors (Lipinski definition) is 4. The molecule has 22 heavy (non-hydrogen) atoms. The average Bonchev–Trinajstić information content (AvgIpc) is 2.45. The Morgan fingerprint density at radius 3 is 2.27 bits per heavy atom. The maximum absolute atomic E-state index is 12.3. The van der Waals surface area contributed by atoms with E-state index in [0.29, 0.717) is 0 Å². The minimum Gasteiger partial charge on any atom is -0.495 e. The van der Waals surface area contributed by atoms with Crippen LogP contribution in [-0.2, 0) is 10.0 Å². The number of benzene rings is 1. The molecule has 0 saturated heterocycles. The second-order valence-electron chi connectivity index (χ2n) is 5.66. The Labute approximate surface area is 132 Å². The van der Waals surface area contributed by atoms with E-state index < -0.39 is 10.0 Å². The van der Waals surface area contributed by atoms with Gasteiger partial charge in [0.1, 0.15) is 10.6 Å². The van der Waals surface area contributed by atoms with E-state index >= 15 is 0 Å². The number of carbonyl (C=O) groups excluding carboxylic acids is 1. The Morgan fingerprint density at radius 1 is 1.23 bits per heavy atom. The van der Waals surface area contributed by atoms with Gasteiger partial charge in [0.05, 0.1) is 7.11 Å². The highest BCUT2D eigenvalue weighted by atomic mass is 32.2. The molecule has 1 amide bonds. The Balaban J connectivity index is 3.24. The van der Waals surface area contributed by atoms with Crippen LogP contribution in [-0.4, -0.2) is 45.9 Å². The first kappa shape index (κ1) is 18.4. The molecule has 0 fully saturated rings. The molecule has 0 unspecified atom stereocenters. The largest absolute Gasteiger partial charge is 0.495 e. The highest BCUT2D eigenvalue weighted by molar-refractivity contribution is 7.89. The molecule has 0 aliphatic heterocycles. The maximum atomic E-state index is 12.3. The highest BCUT2D eigenvalue weighted by Crippen LogP contribution is 2.27. The van der Waals surface area contributed by atoms with Gasteiger partial charge in [0, 0.05) is 25.7 Å². The molecule has 1 N–H and O–H groups in total. The lowest BCUT2D eigenvalue weighted by Gasteiger charge is -2.19. The van der Waals surface area contributed by atoms with E-state index in [-0.39, 0.29) is 34.1 Å². The number of nitrogens with one attached hydrogen (secondary N) is 1. The van der Waals surface area contributed by atoms with Crippen molar-refractivity contribution in [2.75, 3.05) is 21.2 Å². The summed E-state index contributed by atoms with van der Waals surface area (Å²) in [5, 5.41) is 2.85. The van der Waals surface area contributed by atoms with Crippen molar-refractivity contribution < 1.29 is 17.9 Å². The second-order valence-corrected chi connectivity index (χ2v) is 7.78. The quantitative estimate of drug-likeness (QED) is 0.863. The summed E-state index contributed by atoms with van der Waals surface area (Å²) in [6.45, 7) is 5.91. The predicted molar refractivity (Wildman–Crippen MR) is 85.6 cm³/mol. The van der Waals surface area contributed by atoms with Gasteiger partial charge in [0.15, 0.2) is 0 Å². The summed E-state index contributed by atoms with van der Waals surface area (Å²) in [6.07, 6.45) is 0. The first-order chi connectivity index (χ1) is 10.1. The summed E-state index contributed by atoms with van der Waals surface area (Å²) in [5.74, 6) is 0.188. The van der Waals surface area contributed by atoms with Crippen LogP contribution in [0.3, 0.4) is 0 Å². The Bertz CT molecular complexity index is 639. The monoisotopic (exact) mass is 328 g/mol. The van der Waals surface area contributed by atoms with Crippen molar-refractivity contribution >= 4 is 15.9 Å². The third-order valence-electron chi connectivity index (χ3n) is 3.54. The molecule has 1 atom stereocenters. The molecule has 124 valence electrons. The summed E-state index contributed by atoms with van der Waals surface area (Å²) in [7, 11) is 0.567. The highest BCUT2D eigenvalue weighted by Gasteiger charge is 2.24. The van der Waals surface area contributed by atoms with Gasteiger partial charge in [-0.05, 0) is 31.0 Å². The first-order valence-corrected chi connectivity index (χ1v) is 8.46. The van der Waals surface area contributed by atoms with Crippen LogP contribution in [0.5, 0.6) is 5.75 Å². The molecule has 1 rings (SSSR count). The third kappa shape index (κ3) is 3.98. The zero-order chi connectivity index (χ0) is 17.1. The molecule has 6 nitrogen and oxygen atoms in total. The van der Waals surface area contributed by atoms with Gasteiger partial charge < -0.3 is 10.1 Å². The Hall–Kier alpha value is -1.60. The Kier molecular flexibility index (Phi) is 5.96. The van der Waals surface area contributed by atoms with Crippen LogP contribution in [0.2, 0.25) is 0 Å². The molecule has 1 aromatic rings. The molecule has 7 heteroatoms. The summed E-state index contributed by atoms with van der Waals surface area (Å²) >= 11 is 0. The molecule has 0 bridgehead atoms. The standard InChI is InChI=1S/C15H24N2O4S/c1-10(2)11(3)16-15(18)12-7-8-13(21-6)14(9-12)22(19,20)17(4)5/h7-11H,1-6H3,(H,16,18)/t11-/m1/s1. The van der Waals surface area contributed by atoms with Crippen molar-refractivity contribution in [3.63, 3.8) is 0 Å². The normalized spacial score (nSPS) is 13.3. The number of rotatable bonds is 6. The molecule has 0 saturated carbocycles. The fraction of sp³-hybridized carbons (Fsp3) is 0.533. The van der Waals surface area contributed by atoms with Crippen molar-refractivity contribution in [1.29, 1.82) is 0 Å². The lowest BCUT2D eigenvalue weighted by atomic mass is 10.1. The molecule has 0 spiro atoms. The molecule has 0 aliphatic rings. The summed E-state index contributed by atoms with van der Waals surface area (Å²) in [5.41, 5.74) is 0.286. The molecule has 1 aromatic carbocycles. The van der Waals surface area contributed by atoms with E-state index in [1.165, 1.54) is 33.3 Å². The lowest BCUT2D eigenvalue weighted by Crippen LogP contribution is -2.36. The summed E-state index contributed by atoms with van der Waals surface area (Å²) in [4.78, 5) is 12.2. The van der Waals surface area contributed by atoms with Crippen LogP contribution in [0, 0.1) is 5.92 Å². The number of sulfonamides is 1. The average molecular weight is 328 g/mol. The van der Waals surface area contributed by atoms with Gasteiger partial charge in [-0.2, -0.15) is 0 Å². The number of ether oxygens (including phenoxy) is 1. The SMILES string of the molecule is COc1ccc(C(=O)N[C@H](C)C(C)C)cc1S(=O)(=O)N(C)C. The lowest BCUT2D eigenvalue weighted by molar-refractivity contribution is 0.0930. The second kappa shape index (κ2) is 7.11. The number of hydrogen-bond donors (Lipinski definition) is 1. The summed E-state index contributed by atoms with van der Waals surface area (Å²) in [6, 6.07) is 4.38. The van der Waals surface area contributed by atoms with Crippen LogP contribution in [0.4, 0.5) is 0 Å². The van der Waals surface area contributed by atoms with Gasteiger partial charge >= 0.3 is 0 Å². The molecule has 0 aromatic heterocycles. The van der Waals surface area contributed by atoms with Crippen LogP contribution in [0.1, 0.15) is 31.1 Å². The Morgan fingerprint density at radius 2 is 1.82 bits per heavy atom. The van der Waals surface area contributed by atoms with Gasteiger partial charge in [-0.1, -0.05) is 13.8 Å². The zero-order valence-corrected chi connectivity index (χ0v) is 14.7. The summed E-state index contributed by atoms with van der Waals surface area (Å²) < 4.78 is 30.8. The van der Waals surface area contributed by atoms with Crippen molar-refractivity contribution in [2.24, 2.45) is 5.92 Å². The van der Waals surface area contributed by atoms with Crippen molar-refractivity contribution in [2.45, 2.75) is 31.7 Å². The van der Waals surface area contributed by atoms with E-state index in [2.05, 4.69) is 5.32 Å². The number of nitrogens with zero attached hydrogens (tertiary/aromatic N) is 1. The smallest absolute Gasteiger partial charge is 0.251 e. The number of methoxy groups -OCH3 is 1. The number of amides is 1. The van der Waals surface area contributed by atoms with Gasteiger partial charge in [-0.3, -0.25) is 4.79 Å². The van der Waals surface area contributed by atoms with E-state index in [0.717, 1.165) is 4.31 Å². The van der Waals surface area contributed by atoms with Crippen molar-refractivity contribution in [3.05, 3.63) is 23.8 Å². The van der Waals surface area contributed by atoms with Gasteiger partial charge in [0.2, 0.25) is 10.0 Å². The molecule has 0 heterocycles. The van der Waals surface area contributed by atoms with E-state index in [1.54, 1.807) is 6.07 Å². The molecule has 0 aliphatic carbocycles. The fourth-order valence-electron chi connectivity index (χ4n) is 1.67. The number of carbonyl (C=O) groups is 1. The van der Waals surface area contributed by atoms with Crippen LogP contribution < -0.4 is 10.1 Å². The van der Waals surface area contributed by atoms with E-state index in [9.17, 15) is 13.2 Å². The first-order valence-electron chi connectivity index (χ1n) is 7.02. The topological polar surface area (TPSA) is 75.7 Å². The van der Waals surface area contributed by atoms with Crippen molar-refractivity contribution in [1.82, 2.24) is 9.62 Å². The van der Waals surface area contributed by atoms with E-state index in [4.69, 9.17) is 4.74 Å². The minimum absolute atomic E-state index is 0.0106. The predicted octanol–water partition coefficient (Wildman–Crippen LogP) is 1.72. The minimum atomic E-state index is -3.69. The van der Waals surface area contributed by atoms with Crippen LogP contribution >= 0.6 is 0 Å². The van der Waals surface area contributed by atoms with E-state index in [1.807, 2.05) is 20.8 Å². The molecular formula is C15H24N2O4S. The van der Waals surface area contributed by atoms with Gasteiger partial charge in [-0.15, -0.1) is 0 Å². The molecular weight excluding hydrogens is 304 g/mol. The fourth-order valence-corrected chi connectivity index (χ4v) is 2.75. The van der Waals surface area contributed by atoms with Gasteiger partial charge in [0.25, 0.3) is 5.91 Å². The van der Waals surface area contributed by atoms with Crippen LogP contribution in [0.25, 0.3) is 0 Å². The van der Waals surface area contributed by atoms with Crippen LogP contribution in [0.15, 0.2) is 23.1 Å². The third-order valence-corrected chi connectivity index (χ3v) is 5.38. The maximum Gasteiger partial charge on any atom is 0.251 e.